The van der Waals surface area contributed by atoms with Gasteiger partial charge in [-0.25, -0.2) is 4.39 Å². The lowest BCUT2D eigenvalue weighted by Crippen LogP contribution is -2.39. The standard InChI is InChI=1S/C16H17FN6O2/c1-9-7-14(22(2)20-9)19-16(25)12-8-13(15(18)24)23(21-12)11-5-3-10(17)4-6-11/h3-7,13H,8H2,1-2H3,(H2,18,24)(H,19,25)/t13-/m1/s1. The maximum absolute atomic E-state index is 13.1. The number of rotatable bonds is 4. The summed E-state index contributed by atoms with van der Waals surface area (Å²) < 4.78 is 14.6. The van der Waals surface area contributed by atoms with Crippen LogP contribution in [-0.2, 0) is 16.6 Å². The van der Waals surface area contributed by atoms with Crippen LogP contribution in [0.5, 0.6) is 0 Å². The smallest absolute Gasteiger partial charge is 0.273 e. The fourth-order valence-electron chi connectivity index (χ4n) is 2.62. The molecule has 3 N–H and O–H groups in total. The van der Waals surface area contributed by atoms with E-state index in [4.69, 9.17) is 5.73 Å². The third kappa shape index (κ3) is 3.35. The van der Waals surface area contributed by atoms with Crippen LogP contribution in [0.25, 0.3) is 0 Å². The van der Waals surface area contributed by atoms with Gasteiger partial charge in [0.2, 0.25) is 5.91 Å². The molecule has 0 bridgehead atoms. The highest BCUT2D eigenvalue weighted by atomic mass is 19.1. The third-order valence-corrected chi connectivity index (χ3v) is 3.84. The number of nitrogens with one attached hydrogen (secondary N) is 1. The van der Waals surface area contributed by atoms with Crippen LogP contribution in [0.3, 0.4) is 0 Å². The lowest BCUT2D eigenvalue weighted by molar-refractivity contribution is -0.119. The van der Waals surface area contributed by atoms with Crippen molar-refractivity contribution in [3.63, 3.8) is 0 Å². The number of hydrogen-bond acceptors (Lipinski definition) is 5. The van der Waals surface area contributed by atoms with E-state index in [0.29, 0.717) is 11.5 Å². The Kier molecular flexibility index (Phi) is 4.22. The summed E-state index contributed by atoms with van der Waals surface area (Å²) in [6.45, 7) is 1.81. The van der Waals surface area contributed by atoms with Crippen molar-refractivity contribution in [2.75, 3.05) is 10.3 Å². The van der Waals surface area contributed by atoms with Crippen molar-refractivity contribution in [3.8, 4) is 0 Å². The molecule has 0 unspecified atom stereocenters. The SMILES string of the molecule is Cc1cc(NC(=O)C2=NN(c3ccc(F)cc3)[C@@H](C(N)=O)C2)n(C)n1. The minimum Gasteiger partial charge on any atom is -0.368 e. The largest absolute Gasteiger partial charge is 0.368 e. The minimum atomic E-state index is -0.806. The Labute approximate surface area is 143 Å². The Bertz CT molecular complexity index is 858. The number of hydrogen-bond donors (Lipinski definition) is 2. The molecule has 0 radical (unpaired) electrons. The van der Waals surface area contributed by atoms with Gasteiger partial charge in [-0.1, -0.05) is 0 Å². The molecule has 2 aromatic rings. The van der Waals surface area contributed by atoms with Crippen molar-refractivity contribution in [1.29, 1.82) is 0 Å². The van der Waals surface area contributed by atoms with E-state index in [9.17, 15) is 14.0 Å². The zero-order valence-corrected chi connectivity index (χ0v) is 13.7. The van der Waals surface area contributed by atoms with Gasteiger partial charge in [-0.15, -0.1) is 0 Å². The van der Waals surface area contributed by atoms with Gasteiger partial charge in [-0.2, -0.15) is 10.2 Å². The summed E-state index contributed by atoms with van der Waals surface area (Å²) in [7, 11) is 1.70. The molecule has 2 amide bonds. The van der Waals surface area contributed by atoms with Gasteiger partial charge in [0.05, 0.1) is 11.4 Å². The number of benzene rings is 1. The van der Waals surface area contributed by atoms with Crippen molar-refractivity contribution in [2.45, 2.75) is 19.4 Å². The number of carbonyl (C=O) groups excluding carboxylic acids is 2. The summed E-state index contributed by atoms with van der Waals surface area (Å²) in [5.74, 6) is -0.959. The number of nitrogens with zero attached hydrogens (tertiary/aromatic N) is 4. The first-order chi connectivity index (χ1) is 11.8. The van der Waals surface area contributed by atoms with Crippen LogP contribution in [0.15, 0.2) is 35.4 Å². The predicted molar refractivity (Wildman–Crippen MR) is 90.5 cm³/mol. The van der Waals surface area contributed by atoms with E-state index in [-0.39, 0.29) is 12.1 Å². The van der Waals surface area contributed by atoms with Crippen LogP contribution in [-0.4, -0.2) is 33.3 Å². The molecule has 1 aliphatic rings. The average Bonchev–Trinajstić information content (AvgIpc) is 3.12. The van der Waals surface area contributed by atoms with E-state index in [2.05, 4.69) is 15.5 Å². The lowest BCUT2D eigenvalue weighted by atomic mass is 10.1. The van der Waals surface area contributed by atoms with Gasteiger partial charge in [0.1, 0.15) is 23.4 Å². The molecule has 25 heavy (non-hydrogen) atoms. The monoisotopic (exact) mass is 344 g/mol. The molecular weight excluding hydrogens is 327 g/mol. The fourth-order valence-corrected chi connectivity index (χ4v) is 2.62. The Balaban J connectivity index is 1.84. The number of aryl methyl sites for hydroxylation is 2. The number of amides is 2. The van der Waals surface area contributed by atoms with Gasteiger partial charge in [0.15, 0.2) is 0 Å². The van der Waals surface area contributed by atoms with Gasteiger partial charge < -0.3 is 11.1 Å². The van der Waals surface area contributed by atoms with Crippen molar-refractivity contribution in [3.05, 3.63) is 41.8 Å². The highest BCUT2D eigenvalue weighted by Gasteiger charge is 2.35. The normalized spacial score (nSPS) is 16.7. The summed E-state index contributed by atoms with van der Waals surface area (Å²) in [4.78, 5) is 24.2. The molecule has 1 aliphatic heterocycles. The Morgan fingerprint density at radius 1 is 1.32 bits per heavy atom. The van der Waals surface area contributed by atoms with E-state index in [1.807, 2.05) is 6.92 Å². The first-order valence-corrected chi connectivity index (χ1v) is 7.58. The number of nitrogens with two attached hydrogens (primary N) is 1. The van der Waals surface area contributed by atoms with Gasteiger partial charge >= 0.3 is 0 Å². The van der Waals surface area contributed by atoms with Crippen LogP contribution in [0.2, 0.25) is 0 Å². The number of hydrazone groups is 1. The molecule has 8 nitrogen and oxygen atoms in total. The molecule has 0 spiro atoms. The van der Waals surface area contributed by atoms with Gasteiger partial charge in [0.25, 0.3) is 5.91 Å². The van der Waals surface area contributed by atoms with Crippen LogP contribution in [0.4, 0.5) is 15.9 Å². The molecular formula is C16H17FN6O2. The number of halogens is 1. The van der Waals surface area contributed by atoms with Gasteiger partial charge in [0, 0.05) is 19.5 Å². The number of anilines is 2. The van der Waals surface area contributed by atoms with E-state index < -0.39 is 23.7 Å². The number of aromatic nitrogens is 2. The highest BCUT2D eigenvalue weighted by Crippen LogP contribution is 2.25. The summed E-state index contributed by atoms with van der Waals surface area (Å²) in [5.41, 5.74) is 6.82. The Hall–Kier alpha value is -3.23. The number of carbonyl (C=O) groups is 2. The van der Waals surface area contributed by atoms with E-state index in [0.717, 1.165) is 5.69 Å². The van der Waals surface area contributed by atoms with Crippen LogP contribution in [0.1, 0.15) is 12.1 Å². The molecule has 0 saturated heterocycles. The Morgan fingerprint density at radius 3 is 2.56 bits per heavy atom. The summed E-state index contributed by atoms with van der Waals surface area (Å²) in [6, 6.07) is 6.36. The molecule has 2 heterocycles. The van der Waals surface area contributed by atoms with E-state index in [1.54, 1.807) is 13.1 Å². The molecule has 0 fully saturated rings. The molecule has 1 aromatic carbocycles. The highest BCUT2D eigenvalue weighted by molar-refractivity contribution is 6.44. The average molecular weight is 344 g/mol. The van der Waals surface area contributed by atoms with Crippen molar-refractivity contribution < 1.29 is 14.0 Å². The van der Waals surface area contributed by atoms with Crippen molar-refractivity contribution in [1.82, 2.24) is 9.78 Å². The van der Waals surface area contributed by atoms with Crippen LogP contribution in [0, 0.1) is 12.7 Å². The topological polar surface area (TPSA) is 106 Å². The lowest BCUT2D eigenvalue weighted by Gasteiger charge is -2.20. The molecule has 1 aromatic heterocycles. The van der Waals surface area contributed by atoms with Gasteiger partial charge in [-0.3, -0.25) is 19.3 Å². The molecule has 1 atom stereocenters. The van der Waals surface area contributed by atoms with Gasteiger partial charge in [-0.05, 0) is 31.2 Å². The quantitative estimate of drug-likeness (QED) is 0.860. The zero-order chi connectivity index (χ0) is 18.1. The van der Waals surface area contributed by atoms with Crippen molar-refractivity contribution in [2.24, 2.45) is 17.9 Å². The minimum absolute atomic E-state index is 0.0649. The van der Waals surface area contributed by atoms with E-state index >= 15 is 0 Å². The van der Waals surface area contributed by atoms with Crippen LogP contribution < -0.4 is 16.1 Å². The molecule has 9 heteroatoms. The van der Waals surface area contributed by atoms with Crippen LogP contribution >= 0.6 is 0 Å². The molecule has 3 rings (SSSR count). The number of primary amides is 1. The Morgan fingerprint density at radius 2 is 2.00 bits per heavy atom. The van der Waals surface area contributed by atoms with E-state index in [1.165, 1.54) is 34.0 Å². The fraction of sp³-hybridized carbons (Fsp3) is 0.250. The second-order valence-electron chi connectivity index (χ2n) is 5.74. The maximum Gasteiger partial charge on any atom is 0.273 e. The maximum atomic E-state index is 13.1. The third-order valence-electron chi connectivity index (χ3n) is 3.84. The molecule has 0 aliphatic carbocycles. The first-order valence-electron chi connectivity index (χ1n) is 7.58. The second-order valence-corrected chi connectivity index (χ2v) is 5.74. The zero-order valence-electron chi connectivity index (χ0n) is 13.7. The second kappa shape index (κ2) is 6.34. The molecule has 0 saturated carbocycles. The molecule has 130 valence electrons. The first kappa shape index (κ1) is 16.6. The summed E-state index contributed by atoms with van der Waals surface area (Å²) >= 11 is 0. The predicted octanol–water partition coefficient (Wildman–Crippen LogP) is 0.926. The summed E-state index contributed by atoms with van der Waals surface area (Å²) in [5, 5.41) is 12.4. The summed E-state index contributed by atoms with van der Waals surface area (Å²) in [6.07, 6.45) is 0.0649. The van der Waals surface area contributed by atoms with Crippen molar-refractivity contribution >= 4 is 29.0 Å².